The molecule has 2 aliphatic carbocycles. The highest BCUT2D eigenvalue weighted by Crippen LogP contribution is 2.41. The second-order valence-electron chi connectivity index (χ2n) is 5.36. The molecule has 0 aromatic heterocycles. The SMILES string of the molecule is CCN=C(NC1CC1)NC1CC1c1ccccc1F. The highest BCUT2D eigenvalue weighted by atomic mass is 19.1. The maximum absolute atomic E-state index is 13.7. The van der Waals surface area contributed by atoms with Gasteiger partial charge in [0, 0.05) is 24.5 Å². The normalized spacial score (nSPS) is 26.1. The molecule has 4 heteroatoms. The first-order valence-electron chi connectivity index (χ1n) is 7.10. The van der Waals surface area contributed by atoms with E-state index in [9.17, 15) is 4.39 Å². The van der Waals surface area contributed by atoms with Crippen molar-refractivity contribution in [2.45, 2.75) is 44.2 Å². The lowest BCUT2D eigenvalue weighted by Crippen LogP contribution is -2.40. The quantitative estimate of drug-likeness (QED) is 0.645. The van der Waals surface area contributed by atoms with Crippen molar-refractivity contribution in [3.8, 4) is 0 Å². The minimum Gasteiger partial charge on any atom is -0.354 e. The van der Waals surface area contributed by atoms with Crippen molar-refractivity contribution < 1.29 is 4.39 Å². The van der Waals surface area contributed by atoms with Gasteiger partial charge in [0.05, 0.1) is 0 Å². The molecule has 0 saturated heterocycles. The lowest BCUT2D eigenvalue weighted by Gasteiger charge is -2.11. The fourth-order valence-corrected chi connectivity index (χ4v) is 2.36. The molecular formula is C15H20FN3. The van der Waals surface area contributed by atoms with Crippen LogP contribution in [0.15, 0.2) is 29.3 Å². The van der Waals surface area contributed by atoms with Crippen LogP contribution in [-0.2, 0) is 0 Å². The Kier molecular flexibility index (Phi) is 3.40. The van der Waals surface area contributed by atoms with Gasteiger partial charge < -0.3 is 10.6 Å². The van der Waals surface area contributed by atoms with Gasteiger partial charge in [0.1, 0.15) is 5.82 Å². The number of aliphatic imine (C=N–C) groups is 1. The van der Waals surface area contributed by atoms with Crippen molar-refractivity contribution in [3.63, 3.8) is 0 Å². The van der Waals surface area contributed by atoms with Gasteiger partial charge in [-0.25, -0.2) is 4.39 Å². The molecule has 1 aromatic carbocycles. The summed E-state index contributed by atoms with van der Waals surface area (Å²) in [4.78, 5) is 4.44. The Balaban J connectivity index is 1.59. The summed E-state index contributed by atoms with van der Waals surface area (Å²) >= 11 is 0. The number of hydrogen-bond acceptors (Lipinski definition) is 1. The van der Waals surface area contributed by atoms with E-state index in [1.54, 1.807) is 6.07 Å². The zero-order valence-electron chi connectivity index (χ0n) is 11.2. The fourth-order valence-electron chi connectivity index (χ4n) is 2.36. The minimum absolute atomic E-state index is 0.0964. The Hall–Kier alpha value is -1.58. The van der Waals surface area contributed by atoms with E-state index in [0.717, 1.165) is 24.5 Å². The van der Waals surface area contributed by atoms with Crippen LogP contribution in [0.1, 0.15) is 37.7 Å². The van der Waals surface area contributed by atoms with Crippen LogP contribution in [0.4, 0.5) is 4.39 Å². The van der Waals surface area contributed by atoms with Crippen molar-refractivity contribution >= 4 is 5.96 Å². The van der Waals surface area contributed by atoms with Crippen LogP contribution >= 0.6 is 0 Å². The van der Waals surface area contributed by atoms with Gasteiger partial charge in [-0.1, -0.05) is 18.2 Å². The van der Waals surface area contributed by atoms with Crippen LogP contribution < -0.4 is 10.6 Å². The molecule has 0 spiro atoms. The van der Waals surface area contributed by atoms with Crippen LogP contribution in [-0.4, -0.2) is 24.6 Å². The van der Waals surface area contributed by atoms with Crippen LogP contribution in [0.25, 0.3) is 0 Å². The van der Waals surface area contributed by atoms with Crippen LogP contribution in [0.5, 0.6) is 0 Å². The van der Waals surface area contributed by atoms with E-state index >= 15 is 0 Å². The second-order valence-corrected chi connectivity index (χ2v) is 5.36. The van der Waals surface area contributed by atoms with Gasteiger partial charge in [-0.15, -0.1) is 0 Å². The van der Waals surface area contributed by atoms with E-state index in [0.29, 0.717) is 12.1 Å². The van der Waals surface area contributed by atoms with E-state index in [1.165, 1.54) is 18.9 Å². The van der Waals surface area contributed by atoms with E-state index in [1.807, 2.05) is 19.1 Å². The van der Waals surface area contributed by atoms with Crippen LogP contribution in [0.3, 0.4) is 0 Å². The maximum Gasteiger partial charge on any atom is 0.191 e. The lowest BCUT2D eigenvalue weighted by atomic mass is 10.1. The third kappa shape index (κ3) is 3.06. The molecule has 2 saturated carbocycles. The zero-order valence-corrected chi connectivity index (χ0v) is 11.2. The van der Waals surface area contributed by atoms with Gasteiger partial charge in [-0.3, -0.25) is 4.99 Å². The monoisotopic (exact) mass is 261 g/mol. The molecule has 3 nitrogen and oxygen atoms in total. The molecule has 1 aromatic rings. The van der Waals surface area contributed by atoms with E-state index in [-0.39, 0.29) is 11.7 Å². The molecule has 2 aliphatic rings. The van der Waals surface area contributed by atoms with Gasteiger partial charge in [0.25, 0.3) is 0 Å². The number of nitrogens with one attached hydrogen (secondary N) is 2. The summed E-state index contributed by atoms with van der Waals surface area (Å²) in [6.45, 7) is 2.79. The van der Waals surface area contributed by atoms with Crippen molar-refractivity contribution in [1.29, 1.82) is 0 Å². The van der Waals surface area contributed by atoms with E-state index in [4.69, 9.17) is 0 Å². The average Bonchev–Trinajstić information content (AvgIpc) is 3.28. The van der Waals surface area contributed by atoms with Crippen molar-refractivity contribution in [2.24, 2.45) is 4.99 Å². The topological polar surface area (TPSA) is 36.4 Å². The molecule has 2 unspecified atom stereocenters. The Morgan fingerprint density at radius 3 is 2.79 bits per heavy atom. The van der Waals surface area contributed by atoms with Gasteiger partial charge in [-0.2, -0.15) is 0 Å². The van der Waals surface area contributed by atoms with Crippen LogP contribution in [0, 0.1) is 5.82 Å². The molecule has 2 atom stereocenters. The summed E-state index contributed by atoms with van der Waals surface area (Å²) in [6.07, 6.45) is 3.44. The summed E-state index contributed by atoms with van der Waals surface area (Å²) < 4.78 is 13.7. The molecular weight excluding hydrogens is 241 g/mol. The molecule has 102 valence electrons. The predicted octanol–water partition coefficient (Wildman–Crippen LogP) is 2.40. The lowest BCUT2D eigenvalue weighted by molar-refractivity contribution is 0.607. The molecule has 0 amide bonds. The summed E-state index contributed by atoms with van der Waals surface area (Å²) in [7, 11) is 0. The molecule has 0 radical (unpaired) electrons. The molecule has 0 aliphatic heterocycles. The highest BCUT2D eigenvalue weighted by molar-refractivity contribution is 5.81. The highest BCUT2D eigenvalue weighted by Gasteiger charge is 2.40. The largest absolute Gasteiger partial charge is 0.354 e. The Bertz CT molecular complexity index is 482. The number of benzene rings is 1. The summed E-state index contributed by atoms with van der Waals surface area (Å²) in [5, 5.41) is 6.81. The van der Waals surface area contributed by atoms with Gasteiger partial charge in [-0.05, 0) is 37.8 Å². The first kappa shape index (κ1) is 12.5. The number of nitrogens with zero attached hydrogens (tertiary/aromatic N) is 1. The molecule has 0 heterocycles. The van der Waals surface area contributed by atoms with Gasteiger partial charge >= 0.3 is 0 Å². The van der Waals surface area contributed by atoms with Gasteiger partial charge in [0.2, 0.25) is 0 Å². The zero-order chi connectivity index (χ0) is 13.2. The van der Waals surface area contributed by atoms with Gasteiger partial charge in [0.15, 0.2) is 5.96 Å². The molecule has 2 fully saturated rings. The Morgan fingerprint density at radius 1 is 1.32 bits per heavy atom. The van der Waals surface area contributed by atoms with E-state index in [2.05, 4.69) is 15.6 Å². The Labute approximate surface area is 113 Å². The van der Waals surface area contributed by atoms with Crippen molar-refractivity contribution in [2.75, 3.05) is 6.54 Å². The number of hydrogen-bond donors (Lipinski definition) is 2. The summed E-state index contributed by atoms with van der Waals surface area (Å²) in [6, 6.07) is 7.96. The standard InChI is InChI=1S/C15H20FN3/c1-2-17-15(18-10-7-8-10)19-14-9-12(14)11-5-3-4-6-13(11)16/h3-6,10,12,14H,2,7-9H2,1H3,(H2,17,18,19). The third-order valence-electron chi connectivity index (χ3n) is 3.65. The number of rotatable bonds is 4. The summed E-state index contributed by atoms with van der Waals surface area (Å²) in [5.74, 6) is 1.07. The number of halogens is 1. The Morgan fingerprint density at radius 2 is 2.11 bits per heavy atom. The predicted molar refractivity (Wildman–Crippen MR) is 74.8 cm³/mol. The number of guanidine groups is 1. The van der Waals surface area contributed by atoms with E-state index < -0.39 is 0 Å². The summed E-state index contributed by atoms with van der Waals surface area (Å²) in [5.41, 5.74) is 0.822. The minimum atomic E-state index is -0.0964. The molecule has 0 bridgehead atoms. The fraction of sp³-hybridized carbons (Fsp3) is 0.533. The maximum atomic E-state index is 13.7. The third-order valence-corrected chi connectivity index (χ3v) is 3.65. The first-order valence-corrected chi connectivity index (χ1v) is 7.10. The molecule has 19 heavy (non-hydrogen) atoms. The molecule has 3 rings (SSSR count). The van der Waals surface area contributed by atoms with Crippen LogP contribution in [0.2, 0.25) is 0 Å². The smallest absolute Gasteiger partial charge is 0.191 e. The first-order chi connectivity index (χ1) is 9.28. The molecule has 2 N–H and O–H groups in total. The van der Waals surface area contributed by atoms with Crippen molar-refractivity contribution in [3.05, 3.63) is 35.6 Å². The average molecular weight is 261 g/mol. The second kappa shape index (κ2) is 5.19. The van der Waals surface area contributed by atoms with Crippen molar-refractivity contribution in [1.82, 2.24) is 10.6 Å².